The zero-order valence-electron chi connectivity index (χ0n) is 10.4. The Kier molecular flexibility index (Phi) is 4.78. The third-order valence-electron chi connectivity index (χ3n) is 2.66. The molecule has 2 N–H and O–H groups in total. The Bertz CT molecular complexity index is 567. The molecule has 0 fully saturated rings. The first-order chi connectivity index (χ1) is 8.81. The highest BCUT2D eigenvalue weighted by Gasteiger charge is 2.02. The van der Waals surface area contributed by atoms with Crippen molar-refractivity contribution < 1.29 is 0 Å². The van der Waals surface area contributed by atoms with Crippen molar-refractivity contribution in [3.05, 3.63) is 40.4 Å². The van der Waals surface area contributed by atoms with Gasteiger partial charge in [-0.2, -0.15) is 11.8 Å². The molecule has 1 aromatic carbocycles. The van der Waals surface area contributed by atoms with Crippen LogP contribution in [0.4, 0.5) is 0 Å². The van der Waals surface area contributed by atoms with E-state index in [2.05, 4.69) is 21.5 Å². The number of nitrogens with zero attached hydrogens (tertiary/aromatic N) is 1. The Morgan fingerprint density at radius 1 is 1.39 bits per heavy atom. The molecule has 0 aliphatic rings. The summed E-state index contributed by atoms with van der Waals surface area (Å²) in [5, 5.41) is 3.92. The second-order valence-electron chi connectivity index (χ2n) is 4.05. The van der Waals surface area contributed by atoms with Crippen LogP contribution in [0.15, 0.2) is 29.1 Å². The number of aromatic nitrogens is 2. The first-order valence-electron chi connectivity index (χ1n) is 5.99. The summed E-state index contributed by atoms with van der Waals surface area (Å²) in [6, 6.07) is 7.39. The van der Waals surface area contributed by atoms with Gasteiger partial charge in [0.1, 0.15) is 5.82 Å². The van der Waals surface area contributed by atoms with Crippen LogP contribution >= 0.6 is 11.8 Å². The SMILES string of the molecule is CSCCCNCc1nc2ccccc2c(=O)[nH]1. The fourth-order valence-corrected chi connectivity index (χ4v) is 2.20. The Morgan fingerprint density at radius 3 is 3.06 bits per heavy atom. The normalized spacial score (nSPS) is 10.9. The van der Waals surface area contributed by atoms with Gasteiger partial charge >= 0.3 is 0 Å². The molecule has 0 saturated carbocycles. The number of fused-ring (bicyclic) bond motifs is 1. The third kappa shape index (κ3) is 3.34. The summed E-state index contributed by atoms with van der Waals surface area (Å²) in [5.41, 5.74) is 0.684. The molecule has 1 aromatic heterocycles. The van der Waals surface area contributed by atoms with Gasteiger partial charge in [-0.3, -0.25) is 4.79 Å². The second-order valence-corrected chi connectivity index (χ2v) is 5.04. The molecule has 0 aliphatic heterocycles. The van der Waals surface area contributed by atoms with Gasteiger partial charge in [0.2, 0.25) is 0 Å². The minimum absolute atomic E-state index is 0.0680. The molecule has 96 valence electrons. The number of hydrogen-bond acceptors (Lipinski definition) is 4. The molecule has 0 atom stereocenters. The summed E-state index contributed by atoms with van der Waals surface area (Å²) in [6.07, 6.45) is 3.22. The minimum Gasteiger partial charge on any atom is -0.310 e. The Morgan fingerprint density at radius 2 is 2.22 bits per heavy atom. The lowest BCUT2D eigenvalue weighted by atomic mass is 10.2. The summed E-state index contributed by atoms with van der Waals surface area (Å²) in [4.78, 5) is 19.0. The van der Waals surface area contributed by atoms with Crippen molar-refractivity contribution in [1.82, 2.24) is 15.3 Å². The van der Waals surface area contributed by atoms with Crippen molar-refractivity contribution in [3.63, 3.8) is 0 Å². The number of H-pyrrole nitrogens is 1. The molecule has 0 saturated heterocycles. The number of rotatable bonds is 6. The van der Waals surface area contributed by atoms with Crippen molar-refractivity contribution >= 4 is 22.7 Å². The van der Waals surface area contributed by atoms with Gasteiger partial charge in [0.25, 0.3) is 5.56 Å². The van der Waals surface area contributed by atoms with E-state index in [1.165, 1.54) is 0 Å². The maximum absolute atomic E-state index is 11.8. The molecule has 1 heterocycles. The largest absolute Gasteiger partial charge is 0.310 e. The van der Waals surface area contributed by atoms with Crippen LogP contribution in [0, 0.1) is 0 Å². The van der Waals surface area contributed by atoms with Crippen molar-refractivity contribution in [3.8, 4) is 0 Å². The molecule has 4 nitrogen and oxygen atoms in total. The quantitative estimate of drug-likeness (QED) is 0.780. The number of aromatic amines is 1. The van der Waals surface area contributed by atoms with E-state index in [1.54, 1.807) is 6.07 Å². The van der Waals surface area contributed by atoms with E-state index in [1.807, 2.05) is 30.0 Å². The Labute approximate surface area is 110 Å². The Hall–Kier alpha value is -1.33. The third-order valence-corrected chi connectivity index (χ3v) is 3.35. The van der Waals surface area contributed by atoms with Crippen LogP contribution in [0.3, 0.4) is 0 Å². The van der Waals surface area contributed by atoms with E-state index in [0.29, 0.717) is 17.8 Å². The monoisotopic (exact) mass is 263 g/mol. The molecule has 0 spiro atoms. The van der Waals surface area contributed by atoms with E-state index < -0.39 is 0 Å². The smallest absolute Gasteiger partial charge is 0.258 e. The molecular formula is C13H17N3OS. The second kappa shape index (κ2) is 6.56. The highest BCUT2D eigenvalue weighted by atomic mass is 32.2. The summed E-state index contributed by atoms with van der Waals surface area (Å²) in [7, 11) is 0. The number of para-hydroxylation sites is 1. The van der Waals surface area contributed by atoms with Crippen LogP contribution in [-0.4, -0.2) is 28.5 Å². The molecule has 0 bridgehead atoms. The fraction of sp³-hybridized carbons (Fsp3) is 0.385. The first kappa shape index (κ1) is 13.1. The van der Waals surface area contributed by atoms with Crippen molar-refractivity contribution in [2.24, 2.45) is 0 Å². The predicted molar refractivity (Wildman–Crippen MR) is 77.1 cm³/mol. The lowest BCUT2D eigenvalue weighted by Gasteiger charge is -2.04. The molecule has 0 amide bonds. The average Bonchev–Trinajstić information content (AvgIpc) is 2.39. The van der Waals surface area contributed by atoms with Crippen molar-refractivity contribution in [1.29, 1.82) is 0 Å². The lowest BCUT2D eigenvalue weighted by molar-refractivity contribution is 0.653. The number of hydrogen-bond donors (Lipinski definition) is 2. The van der Waals surface area contributed by atoms with Crippen LogP contribution in [0.25, 0.3) is 10.9 Å². The van der Waals surface area contributed by atoms with E-state index in [9.17, 15) is 4.79 Å². The van der Waals surface area contributed by atoms with Gasteiger partial charge in [-0.05, 0) is 37.1 Å². The van der Waals surface area contributed by atoms with Crippen LogP contribution in [0.1, 0.15) is 12.2 Å². The molecular weight excluding hydrogens is 246 g/mol. The minimum atomic E-state index is -0.0680. The number of nitrogens with one attached hydrogen (secondary N) is 2. The van der Waals surface area contributed by atoms with E-state index >= 15 is 0 Å². The van der Waals surface area contributed by atoms with Gasteiger partial charge in [0.15, 0.2) is 0 Å². The molecule has 0 radical (unpaired) electrons. The van der Waals surface area contributed by atoms with Crippen molar-refractivity contribution in [2.45, 2.75) is 13.0 Å². The summed E-state index contributed by atoms with van der Waals surface area (Å²) in [6.45, 7) is 1.55. The fourth-order valence-electron chi connectivity index (χ4n) is 1.77. The Balaban J connectivity index is 2.03. The van der Waals surface area contributed by atoms with E-state index in [4.69, 9.17) is 0 Å². The van der Waals surface area contributed by atoms with Gasteiger partial charge in [-0.1, -0.05) is 12.1 Å². The topological polar surface area (TPSA) is 57.8 Å². The van der Waals surface area contributed by atoms with Gasteiger partial charge in [-0.25, -0.2) is 4.98 Å². The zero-order chi connectivity index (χ0) is 12.8. The predicted octanol–water partition coefficient (Wildman–Crippen LogP) is 1.77. The summed E-state index contributed by atoms with van der Waals surface area (Å²) < 4.78 is 0. The molecule has 2 rings (SSSR count). The molecule has 18 heavy (non-hydrogen) atoms. The van der Waals surface area contributed by atoms with Gasteiger partial charge in [-0.15, -0.1) is 0 Å². The highest BCUT2D eigenvalue weighted by molar-refractivity contribution is 7.98. The zero-order valence-corrected chi connectivity index (χ0v) is 11.2. The highest BCUT2D eigenvalue weighted by Crippen LogP contribution is 2.05. The van der Waals surface area contributed by atoms with Gasteiger partial charge < -0.3 is 10.3 Å². The first-order valence-corrected chi connectivity index (χ1v) is 7.38. The lowest BCUT2D eigenvalue weighted by Crippen LogP contribution is -2.20. The van der Waals surface area contributed by atoms with Crippen LogP contribution in [0.2, 0.25) is 0 Å². The number of thioether (sulfide) groups is 1. The maximum atomic E-state index is 11.8. The van der Waals surface area contributed by atoms with Crippen LogP contribution < -0.4 is 10.9 Å². The van der Waals surface area contributed by atoms with Crippen molar-refractivity contribution in [2.75, 3.05) is 18.6 Å². The van der Waals surface area contributed by atoms with Gasteiger partial charge in [0.05, 0.1) is 17.4 Å². The summed E-state index contributed by atoms with van der Waals surface area (Å²) >= 11 is 1.84. The van der Waals surface area contributed by atoms with Crippen LogP contribution in [-0.2, 0) is 6.54 Å². The maximum Gasteiger partial charge on any atom is 0.258 e. The molecule has 5 heteroatoms. The van der Waals surface area contributed by atoms with Gasteiger partial charge in [0, 0.05) is 0 Å². The van der Waals surface area contributed by atoms with E-state index in [0.717, 1.165) is 24.2 Å². The number of benzene rings is 1. The molecule has 2 aromatic rings. The summed E-state index contributed by atoms with van der Waals surface area (Å²) in [5.74, 6) is 1.84. The standard InChI is InChI=1S/C13H17N3OS/c1-18-8-4-7-14-9-12-15-11-6-3-2-5-10(11)13(17)16-12/h2-3,5-6,14H,4,7-9H2,1H3,(H,15,16,17). The molecule has 0 aliphatic carbocycles. The van der Waals surface area contributed by atoms with Crippen LogP contribution in [0.5, 0.6) is 0 Å². The average molecular weight is 263 g/mol. The van der Waals surface area contributed by atoms with E-state index in [-0.39, 0.29) is 5.56 Å². The molecule has 0 unspecified atom stereocenters.